The van der Waals surface area contributed by atoms with E-state index in [0.717, 1.165) is 32.0 Å². The number of piperidine rings is 1. The molecule has 2 rings (SSSR count). The molecule has 1 aliphatic rings. The maximum Gasteiger partial charge on any atom is 0.243 e. The van der Waals surface area contributed by atoms with Crippen LogP contribution in [-0.4, -0.2) is 28.1 Å². The zero-order valence-corrected chi connectivity index (χ0v) is 10.8. The molecule has 4 nitrogen and oxygen atoms in total. The Morgan fingerprint density at radius 1 is 1.39 bits per heavy atom. The number of nitrogens with one attached hydrogen (secondary N) is 2. The van der Waals surface area contributed by atoms with Gasteiger partial charge in [0, 0.05) is 6.54 Å². The smallest absolute Gasteiger partial charge is 0.243 e. The number of halogens is 1. The highest BCUT2D eigenvalue weighted by atomic mass is 32.2. The first-order valence-electron chi connectivity index (χ1n) is 6.04. The molecule has 1 aromatic rings. The lowest BCUT2D eigenvalue weighted by Gasteiger charge is -2.22. The van der Waals surface area contributed by atoms with Gasteiger partial charge in [-0.05, 0) is 44.0 Å². The molecule has 1 aliphatic heterocycles. The molecule has 0 aromatic heterocycles. The third-order valence-electron chi connectivity index (χ3n) is 3.09. The Balaban J connectivity index is 2.01. The van der Waals surface area contributed by atoms with E-state index in [-0.39, 0.29) is 10.8 Å². The normalized spacial score (nSPS) is 20.8. The molecule has 100 valence electrons. The molecule has 1 aromatic carbocycles. The number of benzene rings is 1. The van der Waals surface area contributed by atoms with Gasteiger partial charge in [0.15, 0.2) is 0 Å². The minimum atomic E-state index is -3.74. The number of hydrogen-bond donors (Lipinski definition) is 2. The van der Waals surface area contributed by atoms with Crippen molar-refractivity contribution in [2.75, 3.05) is 19.6 Å². The lowest BCUT2D eigenvalue weighted by atomic mass is 10.0. The van der Waals surface area contributed by atoms with Crippen LogP contribution in [0, 0.1) is 11.7 Å². The van der Waals surface area contributed by atoms with Crippen LogP contribution in [0.2, 0.25) is 0 Å². The van der Waals surface area contributed by atoms with Crippen molar-refractivity contribution in [2.24, 2.45) is 5.92 Å². The predicted octanol–water partition coefficient (Wildman–Crippen LogP) is 1.10. The van der Waals surface area contributed by atoms with Gasteiger partial charge in [-0.15, -0.1) is 0 Å². The SMILES string of the molecule is O=S(=O)(NCC1CCCNC1)c1ccccc1F. The molecule has 0 amide bonds. The molecular formula is C12H17FN2O2S. The molecule has 1 saturated heterocycles. The van der Waals surface area contributed by atoms with E-state index in [4.69, 9.17) is 0 Å². The fraction of sp³-hybridized carbons (Fsp3) is 0.500. The van der Waals surface area contributed by atoms with Gasteiger partial charge in [0.25, 0.3) is 0 Å². The first kappa shape index (κ1) is 13.5. The monoisotopic (exact) mass is 272 g/mol. The molecule has 0 spiro atoms. The summed E-state index contributed by atoms with van der Waals surface area (Å²) in [5, 5.41) is 3.21. The van der Waals surface area contributed by atoms with Gasteiger partial charge < -0.3 is 5.32 Å². The third kappa shape index (κ3) is 3.28. The average molecular weight is 272 g/mol. The van der Waals surface area contributed by atoms with E-state index in [9.17, 15) is 12.8 Å². The maximum absolute atomic E-state index is 13.4. The molecule has 1 heterocycles. The lowest BCUT2D eigenvalue weighted by Crippen LogP contribution is -2.38. The van der Waals surface area contributed by atoms with Gasteiger partial charge in [-0.25, -0.2) is 17.5 Å². The minimum absolute atomic E-state index is 0.278. The average Bonchev–Trinajstić information content (AvgIpc) is 2.38. The van der Waals surface area contributed by atoms with E-state index < -0.39 is 15.8 Å². The topological polar surface area (TPSA) is 58.2 Å². The van der Waals surface area contributed by atoms with Gasteiger partial charge >= 0.3 is 0 Å². The molecule has 1 atom stereocenters. The van der Waals surface area contributed by atoms with Crippen molar-refractivity contribution in [1.82, 2.24) is 10.0 Å². The van der Waals surface area contributed by atoms with Gasteiger partial charge in [-0.3, -0.25) is 0 Å². The maximum atomic E-state index is 13.4. The van der Waals surface area contributed by atoms with Crippen LogP contribution in [0.25, 0.3) is 0 Å². The summed E-state index contributed by atoms with van der Waals surface area (Å²) in [4.78, 5) is -0.284. The molecule has 1 fully saturated rings. The Bertz CT molecular complexity index is 499. The second kappa shape index (κ2) is 5.77. The van der Waals surface area contributed by atoms with Crippen LogP contribution in [0.4, 0.5) is 4.39 Å². The van der Waals surface area contributed by atoms with Crippen molar-refractivity contribution in [2.45, 2.75) is 17.7 Å². The fourth-order valence-corrected chi connectivity index (χ4v) is 3.26. The third-order valence-corrected chi connectivity index (χ3v) is 4.54. The summed E-state index contributed by atoms with van der Waals surface area (Å²) < 4.78 is 39.7. The summed E-state index contributed by atoms with van der Waals surface area (Å²) in [5.41, 5.74) is 0. The number of rotatable bonds is 4. The van der Waals surface area contributed by atoms with E-state index in [1.807, 2.05) is 0 Å². The van der Waals surface area contributed by atoms with Crippen LogP contribution in [-0.2, 0) is 10.0 Å². The van der Waals surface area contributed by atoms with E-state index in [2.05, 4.69) is 10.0 Å². The standard InChI is InChI=1S/C12H17FN2O2S/c13-11-5-1-2-6-12(11)18(16,17)15-9-10-4-3-7-14-8-10/h1-2,5-6,10,14-15H,3-4,7-9H2. The van der Waals surface area contributed by atoms with Crippen molar-refractivity contribution in [1.29, 1.82) is 0 Å². The summed E-state index contributed by atoms with van der Waals surface area (Å²) >= 11 is 0. The molecule has 0 aliphatic carbocycles. The fourth-order valence-electron chi connectivity index (χ4n) is 2.07. The molecule has 0 bridgehead atoms. The van der Waals surface area contributed by atoms with Gasteiger partial charge in [0.1, 0.15) is 10.7 Å². The molecular weight excluding hydrogens is 255 g/mol. The van der Waals surface area contributed by atoms with Gasteiger partial charge in [-0.2, -0.15) is 0 Å². The highest BCUT2D eigenvalue weighted by molar-refractivity contribution is 7.89. The Morgan fingerprint density at radius 2 is 2.17 bits per heavy atom. The first-order valence-corrected chi connectivity index (χ1v) is 7.53. The van der Waals surface area contributed by atoms with Gasteiger partial charge in [0.2, 0.25) is 10.0 Å². The summed E-state index contributed by atoms with van der Waals surface area (Å²) in [5.74, 6) is -0.438. The zero-order chi connectivity index (χ0) is 13.0. The molecule has 6 heteroatoms. The van der Waals surface area contributed by atoms with Crippen LogP contribution in [0.1, 0.15) is 12.8 Å². The van der Waals surface area contributed by atoms with Crippen LogP contribution < -0.4 is 10.0 Å². The van der Waals surface area contributed by atoms with Crippen molar-refractivity contribution >= 4 is 10.0 Å². The van der Waals surface area contributed by atoms with E-state index in [1.165, 1.54) is 18.2 Å². The first-order chi connectivity index (χ1) is 8.59. The zero-order valence-electron chi connectivity index (χ0n) is 10.0. The number of sulfonamides is 1. The largest absolute Gasteiger partial charge is 0.316 e. The lowest BCUT2D eigenvalue weighted by molar-refractivity contribution is 0.375. The molecule has 18 heavy (non-hydrogen) atoms. The second-order valence-electron chi connectivity index (χ2n) is 4.49. The molecule has 1 unspecified atom stereocenters. The van der Waals surface area contributed by atoms with E-state index in [1.54, 1.807) is 0 Å². The van der Waals surface area contributed by atoms with Gasteiger partial charge in [0.05, 0.1) is 0 Å². The molecule has 0 saturated carbocycles. The van der Waals surface area contributed by atoms with Crippen molar-refractivity contribution < 1.29 is 12.8 Å². The van der Waals surface area contributed by atoms with Crippen molar-refractivity contribution in [3.63, 3.8) is 0 Å². The molecule has 2 N–H and O–H groups in total. The Kier molecular flexibility index (Phi) is 4.31. The predicted molar refractivity (Wildman–Crippen MR) is 67.2 cm³/mol. The van der Waals surface area contributed by atoms with Crippen molar-refractivity contribution in [3.05, 3.63) is 30.1 Å². The van der Waals surface area contributed by atoms with Crippen LogP contribution in [0.3, 0.4) is 0 Å². The van der Waals surface area contributed by atoms with E-state index in [0.29, 0.717) is 6.54 Å². The summed E-state index contributed by atoms with van der Waals surface area (Å²) in [6, 6.07) is 5.41. The Morgan fingerprint density at radius 3 is 2.83 bits per heavy atom. The highest BCUT2D eigenvalue weighted by Crippen LogP contribution is 2.14. The Hall–Kier alpha value is -0.980. The minimum Gasteiger partial charge on any atom is -0.316 e. The van der Waals surface area contributed by atoms with Crippen molar-refractivity contribution in [3.8, 4) is 0 Å². The van der Waals surface area contributed by atoms with Gasteiger partial charge in [-0.1, -0.05) is 12.1 Å². The second-order valence-corrected chi connectivity index (χ2v) is 6.23. The quantitative estimate of drug-likeness (QED) is 0.863. The Labute approximate surface area is 107 Å². The summed E-state index contributed by atoms with van der Waals surface area (Å²) in [7, 11) is -3.74. The molecule has 0 radical (unpaired) electrons. The van der Waals surface area contributed by atoms with Crippen LogP contribution in [0.5, 0.6) is 0 Å². The highest BCUT2D eigenvalue weighted by Gasteiger charge is 2.20. The van der Waals surface area contributed by atoms with E-state index >= 15 is 0 Å². The van der Waals surface area contributed by atoms with Crippen LogP contribution in [0.15, 0.2) is 29.2 Å². The number of hydrogen-bond acceptors (Lipinski definition) is 3. The summed E-state index contributed by atoms with van der Waals surface area (Å²) in [6.45, 7) is 2.14. The summed E-state index contributed by atoms with van der Waals surface area (Å²) in [6.07, 6.45) is 2.04. The van der Waals surface area contributed by atoms with Crippen LogP contribution >= 0.6 is 0 Å².